The average Bonchev–Trinajstić information content (AvgIpc) is 3.24. The van der Waals surface area contributed by atoms with Gasteiger partial charge in [-0.05, 0) is 47.5 Å². The number of likely N-dealkylation sites (N-methyl/N-ethyl adjacent to an activating group) is 1. The summed E-state index contributed by atoms with van der Waals surface area (Å²) in [7, 11) is -3.04. The molecule has 4 rings (SSSR count). The number of rotatable bonds is 7. The SMILES string of the molecule is C=CC(=O)N(C)c1cccc(-c2cnc3c(c2)c(-c2cccc(C#N)c2)cn3COP(=O)(O)O)c1. The van der Waals surface area contributed by atoms with E-state index in [1.54, 1.807) is 37.6 Å². The van der Waals surface area contributed by atoms with E-state index >= 15 is 0 Å². The fourth-order valence-electron chi connectivity index (χ4n) is 3.71. The number of nitrogens with zero attached hydrogens (tertiary/aromatic N) is 4. The molecule has 2 aromatic heterocycles. The maximum Gasteiger partial charge on any atom is 0.471 e. The van der Waals surface area contributed by atoms with E-state index in [0.29, 0.717) is 22.3 Å². The molecule has 0 aliphatic rings. The number of nitriles is 1. The van der Waals surface area contributed by atoms with Crippen molar-refractivity contribution in [3.63, 3.8) is 0 Å². The Morgan fingerprint density at radius 2 is 1.94 bits per heavy atom. The van der Waals surface area contributed by atoms with Gasteiger partial charge in [0.05, 0.1) is 11.6 Å². The minimum absolute atomic E-state index is 0.238. The minimum Gasteiger partial charge on any atom is -0.312 e. The molecule has 0 saturated carbocycles. The zero-order valence-electron chi connectivity index (χ0n) is 18.7. The van der Waals surface area contributed by atoms with Crippen molar-refractivity contribution >= 4 is 30.5 Å². The van der Waals surface area contributed by atoms with Crippen LogP contribution in [0.4, 0.5) is 5.69 Å². The molecule has 9 nitrogen and oxygen atoms in total. The zero-order valence-corrected chi connectivity index (χ0v) is 19.6. The third-order valence-electron chi connectivity index (χ3n) is 5.45. The number of carbonyl (C=O) groups excluding carboxylic acids is 1. The number of pyridine rings is 1. The molecule has 10 heteroatoms. The van der Waals surface area contributed by atoms with Crippen LogP contribution < -0.4 is 4.90 Å². The molecule has 0 aliphatic carbocycles. The predicted molar refractivity (Wildman–Crippen MR) is 132 cm³/mol. The van der Waals surface area contributed by atoms with Crippen molar-refractivity contribution in [2.75, 3.05) is 11.9 Å². The summed E-state index contributed by atoms with van der Waals surface area (Å²) in [5, 5.41) is 10.0. The van der Waals surface area contributed by atoms with Crippen LogP contribution in [0, 0.1) is 11.3 Å². The molecular formula is C25H21N4O5P. The molecule has 0 unspecified atom stereocenters. The van der Waals surface area contributed by atoms with Crippen LogP contribution in [0.1, 0.15) is 5.56 Å². The lowest BCUT2D eigenvalue weighted by atomic mass is 10.0. The van der Waals surface area contributed by atoms with Crippen molar-refractivity contribution in [2.24, 2.45) is 0 Å². The lowest BCUT2D eigenvalue weighted by Crippen LogP contribution is -2.23. The van der Waals surface area contributed by atoms with Crippen LogP contribution in [0.3, 0.4) is 0 Å². The van der Waals surface area contributed by atoms with E-state index in [0.717, 1.165) is 22.3 Å². The number of anilines is 1. The first-order chi connectivity index (χ1) is 16.7. The fourth-order valence-corrected chi connectivity index (χ4v) is 3.98. The third kappa shape index (κ3) is 5.22. The number of hydrogen-bond acceptors (Lipinski definition) is 5. The summed E-state index contributed by atoms with van der Waals surface area (Å²) < 4.78 is 17.5. The van der Waals surface area contributed by atoms with Gasteiger partial charge >= 0.3 is 7.82 Å². The lowest BCUT2D eigenvalue weighted by Gasteiger charge is -2.16. The summed E-state index contributed by atoms with van der Waals surface area (Å²) in [5.74, 6) is -0.238. The van der Waals surface area contributed by atoms with Crippen LogP contribution in [0.25, 0.3) is 33.3 Å². The fraction of sp³-hybridized carbons (Fsp3) is 0.0800. The summed E-state index contributed by atoms with van der Waals surface area (Å²) in [4.78, 5) is 36.3. The van der Waals surface area contributed by atoms with Crippen LogP contribution in [-0.4, -0.2) is 32.3 Å². The van der Waals surface area contributed by atoms with Crippen LogP contribution in [-0.2, 0) is 20.6 Å². The quantitative estimate of drug-likeness (QED) is 0.290. The average molecular weight is 488 g/mol. The highest BCUT2D eigenvalue weighted by Crippen LogP contribution is 2.38. The molecule has 1 amide bonds. The first kappa shape index (κ1) is 24.1. The number of phosphoric acid groups is 1. The Kier molecular flexibility index (Phi) is 6.65. The van der Waals surface area contributed by atoms with Crippen LogP contribution in [0.2, 0.25) is 0 Å². The van der Waals surface area contributed by atoms with E-state index < -0.39 is 14.6 Å². The van der Waals surface area contributed by atoms with Crippen molar-refractivity contribution in [2.45, 2.75) is 6.73 Å². The van der Waals surface area contributed by atoms with Gasteiger partial charge in [-0.25, -0.2) is 9.55 Å². The van der Waals surface area contributed by atoms with Gasteiger partial charge in [0.2, 0.25) is 5.91 Å². The van der Waals surface area contributed by atoms with Gasteiger partial charge in [0, 0.05) is 41.6 Å². The van der Waals surface area contributed by atoms with Gasteiger partial charge in [-0.1, -0.05) is 30.8 Å². The monoisotopic (exact) mass is 488 g/mol. The number of benzene rings is 2. The summed E-state index contributed by atoms with van der Waals surface area (Å²) in [6.45, 7) is 3.11. The number of aromatic nitrogens is 2. The summed E-state index contributed by atoms with van der Waals surface area (Å²) in [6.07, 6.45) is 4.56. The van der Waals surface area contributed by atoms with Gasteiger partial charge in [-0.15, -0.1) is 0 Å². The molecule has 0 saturated heterocycles. The Balaban J connectivity index is 1.85. The highest BCUT2D eigenvalue weighted by Gasteiger charge is 2.18. The molecule has 2 aromatic carbocycles. The number of amides is 1. The second-order valence-corrected chi connectivity index (χ2v) is 8.94. The van der Waals surface area contributed by atoms with E-state index in [4.69, 9.17) is 14.3 Å². The highest BCUT2D eigenvalue weighted by atomic mass is 31.2. The maximum absolute atomic E-state index is 12.0. The first-order valence-electron chi connectivity index (χ1n) is 10.4. The molecule has 2 N–H and O–H groups in total. The second kappa shape index (κ2) is 9.66. The molecule has 0 fully saturated rings. The Morgan fingerprint density at radius 1 is 1.20 bits per heavy atom. The number of carbonyl (C=O) groups is 1. The number of fused-ring (bicyclic) bond motifs is 1. The van der Waals surface area contributed by atoms with Crippen molar-refractivity contribution in [3.8, 4) is 28.3 Å². The maximum atomic E-state index is 12.0. The second-order valence-electron chi connectivity index (χ2n) is 7.70. The van der Waals surface area contributed by atoms with Crippen molar-refractivity contribution in [1.82, 2.24) is 9.55 Å². The molecule has 35 heavy (non-hydrogen) atoms. The molecule has 0 aliphatic heterocycles. The topological polar surface area (TPSA) is 129 Å². The van der Waals surface area contributed by atoms with Gasteiger partial charge in [0.1, 0.15) is 12.4 Å². The molecule has 0 bridgehead atoms. The van der Waals surface area contributed by atoms with Crippen LogP contribution in [0.5, 0.6) is 0 Å². The summed E-state index contributed by atoms with van der Waals surface area (Å²) >= 11 is 0. The van der Waals surface area contributed by atoms with Gasteiger partial charge in [-0.2, -0.15) is 5.26 Å². The third-order valence-corrected chi connectivity index (χ3v) is 5.91. The first-order valence-corrected chi connectivity index (χ1v) is 11.9. The molecular weight excluding hydrogens is 467 g/mol. The van der Waals surface area contributed by atoms with E-state index in [1.165, 1.54) is 15.5 Å². The van der Waals surface area contributed by atoms with Gasteiger partial charge in [0.25, 0.3) is 0 Å². The van der Waals surface area contributed by atoms with Gasteiger partial charge in [-0.3, -0.25) is 9.32 Å². The van der Waals surface area contributed by atoms with Crippen molar-refractivity contribution in [1.29, 1.82) is 5.26 Å². The van der Waals surface area contributed by atoms with Gasteiger partial charge in [0.15, 0.2) is 0 Å². The molecule has 176 valence electrons. The summed E-state index contributed by atoms with van der Waals surface area (Å²) in [6, 6.07) is 18.4. The van der Waals surface area contributed by atoms with Crippen molar-refractivity contribution < 1.29 is 23.7 Å². The molecule has 2 heterocycles. The Bertz CT molecular complexity index is 1530. The Hall–Kier alpha value is -4.06. The smallest absolute Gasteiger partial charge is 0.312 e. The lowest BCUT2D eigenvalue weighted by molar-refractivity contribution is -0.113. The summed E-state index contributed by atoms with van der Waals surface area (Å²) in [5.41, 5.74) is 4.66. The predicted octanol–water partition coefficient (Wildman–Crippen LogP) is 4.46. The molecule has 0 radical (unpaired) electrons. The Labute approximate surface area is 201 Å². The van der Waals surface area contributed by atoms with Crippen molar-refractivity contribution in [3.05, 3.63) is 85.2 Å². The van der Waals surface area contributed by atoms with Gasteiger partial charge < -0.3 is 19.3 Å². The molecule has 4 aromatic rings. The largest absolute Gasteiger partial charge is 0.471 e. The normalized spacial score (nSPS) is 11.3. The number of phosphoric ester groups is 1. The van der Waals surface area contributed by atoms with E-state index in [1.807, 2.05) is 36.4 Å². The van der Waals surface area contributed by atoms with Crippen LogP contribution >= 0.6 is 7.82 Å². The van der Waals surface area contributed by atoms with E-state index in [-0.39, 0.29) is 5.91 Å². The molecule has 0 spiro atoms. The standard InChI is InChI=1S/C25H21N4O5P/c1-3-24(30)28(2)21-9-5-7-18(11-21)20-12-22-23(19-8-4-6-17(10-19)13-26)15-29(25(22)27-14-20)16-34-35(31,32)33/h3-12,14-15H,1,16H2,2H3,(H2,31,32,33). The zero-order chi connectivity index (χ0) is 25.2. The van der Waals surface area contributed by atoms with E-state index in [9.17, 15) is 14.6 Å². The van der Waals surface area contributed by atoms with E-state index in [2.05, 4.69) is 17.6 Å². The minimum atomic E-state index is -4.70. The highest BCUT2D eigenvalue weighted by molar-refractivity contribution is 7.46. The van der Waals surface area contributed by atoms with Crippen LogP contribution in [0.15, 0.2) is 79.6 Å². The Morgan fingerprint density at radius 3 is 2.66 bits per heavy atom. The molecule has 0 atom stereocenters. The number of hydrogen-bond donors (Lipinski definition) is 2.